The number of hydrogen-bond acceptors (Lipinski definition) is 4. The van der Waals surface area contributed by atoms with E-state index < -0.39 is 0 Å². The summed E-state index contributed by atoms with van der Waals surface area (Å²) in [5, 5.41) is 11.4. The molecule has 7 nitrogen and oxygen atoms in total. The maximum Gasteiger partial charge on any atom is 0.254 e. The normalized spacial score (nSPS) is 11.9. The minimum absolute atomic E-state index is 0.130. The van der Waals surface area contributed by atoms with Crippen LogP contribution >= 0.6 is 0 Å². The summed E-state index contributed by atoms with van der Waals surface area (Å²) in [7, 11) is 0. The molecule has 1 N–H and O–H groups in total. The maximum absolute atomic E-state index is 12.6. The summed E-state index contributed by atoms with van der Waals surface area (Å²) in [4.78, 5) is 16.5. The molecule has 140 valence electrons. The number of rotatable bonds is 6. The molecule has 0 aliphatic rings. The number of aromatic nitrogens is 5. The second-order valence-electron chi connectivity index (χ2n) is 6.54. The number of amides is 1. The average Bonchev–Trinajstić information content (AvgIpc) is 3.41. The molecule has 1 amide bonds. The Morgan fingerprint density at radius 1 is 1.07 bits per heavy atom. The van der Waals surface area contributed by atoms with E-state index in [1.54, 1.807) is 28.1 Å². The van der Waals surface area contributed by atoms with E-state index in [1.165, 1.54) is 6.33 Å². The van der Waals surface area contributed by atoms with E-state index in [-0.39, 0.29) is 11.9 Å². The third-order valence-corrected chi connectivity index (χ3v) is 4.51. The van der Waals surface area contributed by atoms with Gasteiger partial charge in [-0.1, -0.05) is 42.5 Å². The molecule has 0 aliphatic heterocycles. The van der Waals surface area contributed by atoms with Crippen LogP contribution in [0.1, 0.15) is 34.5 Å². The summed E-state index contributed by atoms with van der Waals surface area (Å²) in [5.74, 6) is -0.146. The molecule has 1 atom stereocenters. The first-order valence-electron chi connectivity index (χ1n) is 9.01. The van der Waals surface area contributed by atoms with Crippen molar-refractivity contribution in [3.05, 3.63) is 96.3 Å². The van der Waals surface area contributed by atoms with Crippen LogP contribution in [0.5, 0.6) is 0 Å². The summed E-state index contributed by atoms with van der Waals surface area (Å²) in [6, 6.07) is 17.7. The third kappa shape index (κ3) is 3.98. The molecule has 0 saturated heterocycles. The van der Waals surface area contributed by atoms with E-state index in [9.17, 15) is 4.79 Å². The Bertz CT molecular complexity index is 1040. The topological polar surface area (TPSA) is 77.6 Å². The zero-order valence-electron chi connectivity index (χ0n) is 15.4. The Balaban J connectivity index is 1.39. The van der Waals surface area contributed by atoms with E-state index in [1.807, 2.05) is 61.5 Å². The van der Waals surface area contributed by atoms with Gasteiger partial charge in [0.25, 0.3) is 5.91 Å². The van der Waals surface area contributed by atoms with Gasteiger partial charge in [0.15, 0.2) is 0 Å². The number of benzene rings is 2. The smallest absolute Gasteiger partial charge is 0.254 e. The lowest BCUT2D eigenvalue weighted by atomic mass is 10.1. The van der Waals surface area contributed by atoms with E-state index >= 15 is 0 Å². The summed E-state index contributed by atoms with van der Waals surface area (Å²) < 4.78 is 3.45. The molecular formula is C21H20N6O. The Morgan fingerprint density at radius 2 is 1.86 bits per heavy atom. The van der Waals surface area contributed by atoms with Gasteiger partial charge >= 0.3 is 0 Å². The van der Waals surface area contributed by atoms with Crippen molar-refractivity contribution in [2.75, 3.05) is 0 Å². The number of nitrogens with one attached hydrogen (secondary N) is 1. The average molecular weight is 372 g/mol. The molecule has 2 aromatic heterocycles. The number of carbonyl (C=O) groups is 1. The van der Waals surface area contributed by atoms with Crippen LogP contribution in [0.3, 0.4) is 0 Å². The first-order chi connectivity index (χ1) is 13.7. The summed E-state index contributed by atoms with van der Waals surface area (Å²) in [6.07, 6.45) is 6.50. The Kier molecular flexibility index (Phi) is 4.97. The van der Waals surface area contributed by atoms with Crippen LogP contribution in [0.25, 0.3) is 5.69 Å². The highest BCUT2D eigenvalue weighted by Gasteiger charge is 2.13. The van der Waals surface area contributed by atoms with Crippen molar-refractivity contribution in [3.63, 3.8) is 0 Å². The van der Waals surface area contributed by atoms with Crippen LogP contribution in [0.4, 0.5) is 0 Å². The van der Waals surface area contributed by atoms with Crippen LogP contribution in [0.2, 0.25) is 0 Å². The molecule has 0 fully saturated rings. The Morgan fingerprint density at radius 3 is 2.57 bits per heavy atom. The molecule has 0 saturated carbocycles. The molecule has 4 aromatic rings. The zero-order chi connectivity index (χ0) is 19.3. The molecule has 7 heteroatoms. The van der Waals surface area contributed by atoms with E-state index in [4.69, 9.17) is 0 Å². The van der Waals surface area contributed by atoms with E-state index in [0.717, 1.165) is 16.8 Å². The van der Waals surface area contributed by atoms with Crippen LogP contribution in [-0.2, 0) is 6.54 Å². The summed E-state index contributed by atoms with van der Waals surface area (Å²) >= 11 is 0. The largest absolute Gasteiger partial charge is 0.345 e. The van der Waals surface area contributed by atoms with Crippen molar-refractivity contribution in [2.24, 2.45) is 0 Å². The van der Waals surface area contributed by atoms with E-state index in [0.29, 0.717) is 12.1 Å². The van der Waals surface area contributed by atoms with Crippen LogP contribution in [0.15, 0.2) is 79.6 Å². The molecule has 28 heavy (non-hydrogen) atoms. The highest BCUT2D eigenvalue weighted by molar-refractivity contribution is 5.93. The number of carbonyl (C=O) groups excluding carboxylic acids is 1. The van der Waals surface area contributed by atoms with Crippen LogP contribution < -0.4 is 5.32 Å². The summed E-state index contributed by atoms with van der Waals surface area (Å²) in [6.45, 7) is 2.59. The maximum atomic E-state index is 12.6. The van der Waals surface area contributed by atoms with Crippen LogP contribution in [0, 0.1) is 0 Å². The van der Waals surface area contributed by atoms with Gasteiger partial charge in [-0.05, 0) is 30.2 Å². The molecule has 0 radical (unpaired) electrons. The Hall–Kier alpha value is -3.74. The fourth-order valence-electron chi connectivity index (χ4n) is 2.96. The van der Waals surface area contributed by atoms with Gasteiger partial charge in [0.2, 0.25) is 0 Å². The van der Waals surface area contributed by atoms with Crippen molar-refractivity contribution in [2.45, 2.75) is 19.5 Å². The zero-order valence-corrected chi connectivity index (χ0v) is 15.4. The van der Waals surface area contributed by atoms with Gasteiger partial charge < -0.3 is 5.32 Å². The minimum atomic E-state index is -0.146. The van der Waals surface area contributed by atoms with Gasteiger partial charge in [0.05, 0.1) is 30.0 Å². The van der Waals surface area contributed by atoms with Crippen molar-refractivity contribution in [1.29, 1.82) is 0 Å². The highest BCUT2D eigenvalue weighted by Crippen LogP contribution is 2.16. The predicted octanol–water partition coefficient (Wildman–Crippen LogP) is 3.00. The van der Waals surface area contributed by atoms with Crippen molar-refractivity contribution in [3.8, 4) is 5.69 Å². The van der Waals surface area contributed by atoms with Gasteiger partial charge in [-0.2, -0.15) is 10.2 Å². The van der Waals surface area contributed by atoms with Crippen molar-refractivity contribution < 1.29 is 4.79 Å². The van der Waals surface area contributed by atoms with Gasteiger partial charge in [-0.15, -0.1) is 0 Å². The molecule has 0 aliphatic carbocycles. The van der Waals surface area contributed by atoms with Crippen LogP contribution in [-0.4, -0.2) is 30.5 Å². The predicted molar refractivity (Wildman–Crippen MR) is 105 cm³/mol. The lowest BCUT2D eigenvalue weighted by Gasteiger charge is -2.14. The molecule has 2 aromatic carbocycles. The molecule has 0 spiro atoms. The number of hydrogen-bond donors (Lipinski definition) is 1. The van der Waals surface area contributed by atoms with Crippen molar-refractivity contribution in [1.82, 2.24) is 29.9 Å². The fraction of sp³-hybridized carbons (Fsp3) is 0.143. The van der Waals surface area contributed by atoms with Gasteiger partial charge in [-0.25, -0.2) is 9.67 Å². The minimum Gasteiger partial charge on any atom is -0.345 e. The van der Waals surface area contributed by atoms with E-state index in [2.05, 4.69) is 20.5 Å². The standard InChI is InChI=1S/C21H20N6O/c1-16(18-7-9-20(10-8-18)27-15-22-14-24-27)25-21(28)19-11-23-26(13-19)12-17-5-3-2-4-6-17/h2-11,13-16H,12H2,1H3,(H,25,28)/t16-/m1/s1. The molecular weight excluding hydrogens is 352 g/mol. The number of nitrogens with zero attached hydrogens (tertiary/aromatic N) is 5. The monoisotopic (exact) mass is 372 g/mol. The van der Waals surface area contributed by atoms with Crippen molar-refractivity contribution >= 4 is 5.91 Å². The second-order valence-corrected chi connectivity index (χ2v) is 6.54. The lowest BCUT2D eigenvalue weighted by Crippen LogP contribution is -2.26. The summed E-state index contributed by atoms with van der Waals surface area (Å²) in [5.41, 5.74) is 3.61. The molecule has 0 bridgehead atoms. The van der Waals surface area contributed by atoms with Gasteiger partial charge in [0, 0.05) is 6.20 Å². The highest BCUT2D eigenvalue weighted by atomic mass is 16.1. The lowest BCUT2D eigenvalue weighted by molar-refractivity contribution is 0.0940. The molecule has 0 unspecified atom stereocenters. The SMILES string of the molecule is C[C@@H](NC(=O)c1cnn(Cc2ccccc2)c1)c1ccc(-n2cncn2)cc1. The fourth-order valence-corrected chi connectivity index (χ4v) is 2.96. The van der Waals surface area contributed by atoms with Gasteiger partial charge in [-0.3, -0.25) is 9.48 Å². The third-order valence-electron chi connectivity index (χ3n) is 4.51. The molecule has 4 rings (SSSR count). The first kappa shape index (κ1) is 17.7. The van der Waals surface area contributed by atoms with Gasteiger partial charge in [0.1, 0.15) is 12.7 Å². The molecule has 2 heterocycles. The quantitative estimate of drug-likeness (QED) is 0.564. The first-order valence-corrected chi connectivity index (χ1v) is 9.01. The Labute approximate surface area is 162 Å². The second kappa shape index (κ2) is 7.87.